The Bertz CT molecular complexity index is 823. The summed E-state index contributed by atoms with van der Waals surface area (Å²) in [6.07, 6.45) is 2.51. The third-order valence-electron chi connectivity index (χ3n) is 5.07. The van der Waals surface area contributed by atoms with Crippen molar-refractivity contribution in [2.24, 2.45) is 0 Å². The molecule has 0 aromatic heterocycles. The number of carbonyl (C=O) groups excluding carboxylic acids is 1. The van der Waals surface area contributed by atoms with Crippen LogP contribution in [0.1, 0.15) is 44.7 Å². The van der Waals surface area contributed by atoms with Crippen LogP contribution >= 0.6 is 27.5 Å². The SMILES string of the molecule is CCC1(CC)CC(NC(=O)COc2ccc(Br)cc2Cl)c2ccccc2O1. The molecule has 4 nitrogen and oxygen atoms in total. The van der Waals surface area contributed by atoms with Crippen LogP contribution in [0.5, 0.6) is 11.5 Å². The molecule has 0 saturated carbocycles. The molecule has 1 aliphatic heterocycles. The molecule has 0 fully saturated rings. The van der Waals surface area contributed by atoms with Gasteiger partial charge in [-0.2, -0.15) is 0 Å². The molecule has 144 valence electrons. The minimum Gasteiger partial charge on any atom is -0.487 e. The molecule has 0 radical (unpaired) electrons. The number of hydrogen-bond acceptors (Lipinski definition) is 3. The largest absolute Gasteiger partial charge is 0.487 e. The van der Waals surface area contributed by atoms with Gasteiger partial charge >= 0.3 is 0 Å². The Hall–Kier alpha value is -1.72. The number of benzene rings is 2. The van der Waals surface area contributed by atoms with Gasteiger partial charge in [0.05, 0.1) is 11.1 Å². The van der Waals surface area contributed by atoms with E-state index in [2.05, 4.69) is 35.1 Å². The van der Waals surface area contributed by atoms with Crippen molar-refractivity contribution in [2.75, 3.05) is 6.61 Å². The van der Waals surface area contributed by atoms with Gasteiger partial charge in [-0.25, -0.2) is 0 Å². The van der Waals surface area contributed by atoms with Gasteiger partial charge in [0, 0.05) is 16.5 Å². The van der Waals surface area contributed by atoms with Crippen LogP contribution in [0.15, 0.2) is 46.9 Å². The molecule has 1 amide bonds. The van der Waals surface area contributed by atoms with Gasteiger partial charge in [-0.1, -0.05) is 59.6 Å². The van der Waals surface area contributed by atoms with Crippen molar-refractivity contribution >= 4 is 33.4 Å². The summed E-state index contributed by atoms with van der Waals surface area (Å²) in [5, 5.41) is 3.57. The molecule has 0 bridgehead atoms. The van der Waals surface area contributed by atoms with E-state index in [4.69, 9.17) is 21.1 Å². The van der Waals surface area contributed by atoms with Gasteiger partial charge in [0.2, 0.25) is 0 Å². The molecule has 2 aromatic rings. The van der Waals surface area contributed by atoms with Crippen molar-refractivity contribution in [2.45, 2.75) is 44.8 Å². The van der Waals surface area contributed by atoms with Gasteiger partial charge in [0.15, 0.2) is 6.61 Å². The Morgan fingerprint density at radius 3 is 2.74 bits per heavy atom. The number of ether oxygens (including phenoxy) is 2. The first-order chi connectivity index (χ1) is 13.0. The highest BCUT2D eigenvalue weighted by Gasteiger charge is 2.38. The van der Waals surface area contributed by atoms with E-state index in [1.165, 1.54) is 0 Å². The van der Waals surface area contributed by atoms with Gasteiger partial charge in [-0.15, -0.1) is 0 Å². The summed E-state index contributed by atoms with van der Waals surface area (Å²) in [6, 6.07) is 13.1. The fourth-order valence-electron chi connectivity index (χ4n) is 3.40. The summed E-state index contributed by atoms with van der Waals surface area (Å²) in [7, 11) is 0. The van der Waals surface area contributed by atoms with Crippen molar-refractivity contribution in [1.82, 2.24) is 5.32 Å². The molecule has 1 atom stereocenters. The zero-order valence-corrected chi connectivity index (χ0v) is 17.8. The molecular weight excluding hydrogens is 430 g/mol. The average Bonchev–Trinajstić information content (AvgIpc) is 2.67. The van der Waals surface area contributed by atoms with E-state index in [0.29, 0.717) is 10.8 Å². The lowest BCUT2D eigenvalue weighted by Crippen LogP contribution is -2.45. The maximum absolute atomic E-state index is 12.5. The Morgan fingerprint density at radius 1 is 1.30 bits per heavy atom. The highest BCUT2D eigenvalue weighted by molar-refractivity contribution is 9.10. The average molecular weight is 453 g/mol. The van der Waals surface area contributed by atoms with Crippen molar-refractivity contribution in [3.8, 4) is 11.5 Å². The highest BCUT2D eigenvalue weighted by Crippen LogP contribution is 2.42. The monoisotopic (exact) mass is 451 g/mol. The Balaban J connectivity index is 1.70. The number of fused-ring (bicyclic) bond motifs is 1. The Labute approximate surface area is 173 Å². The molecule has 27 heavy (non-hydrogen) atoms. The topological polar surface area (TPSA) is 47.6 Å². The molecule has 0 aliphatic carbocycles. The smallest absolute Gasteiger partial charge is 0.258 e. The molecule has 2 aromatic carbocycles. The van der Waals surface area contributed by atoms with Gasteiger partial charge in [-0.3, -0.25) is 4.79 Å². The molecule has 0 saturated heterocycles. The van der Waals surface area contributed by atoms with Crippen LogP contribution in [0, 0.1) is 0 Å². The second-order valence-electron chi connectivity index (χ2n) is 6.72. The van der Waals surface area contributed by atoms with Gasteiger partial charge in [0.25, 0.3) is 5.91 Å². The van der Waals surface area contributed by atoms with Crippen LogP contribution in [0.2, 0.25) is 5.02 Å². The highest BCUT2D eigenvalue weighted by atomic mass is 79.9. The molecule has 1 N–H and O–H groups in total. The van der Waals surface area contributed by atoms with E-state index in [-0.39, 0.29) is 24.2 Å². The number of carbonyl (C=O) groups is 1. The van der Waals surface area contributed by atoms with Crippen LogP contribution < -0.4 is 14.8 Å². The lowest BCUT2D eigenvalue weighted by atomic mass is 9.83. The number of halogens is 2. The van der Waals surface area contributed by atoms with Crippen LogP contribution in [0.3, 0.4) is 0 Å². The van der Waals surface area contributed by atoms with Gasteiger partial charge in [0.1, 0.15) is 17.1 Å². The van der Waals surface area contributed by atoms with Crippen molar-refractivity contribution < 1.29 is 14.3 Å². The Kier molecular flexibility index (Phi) is 6.33. The predicted octanol–water partition coefficient (Wildman–Crippen LogP) is 5.68. The second kappa shape index (κ2) is 8.53. The molecule has 1 heterocycles. The maximum atomic E-state index is 12.5. The summed E-state index contributed by atoms with van der Waals surface area (Å²) in [6.45, 7) is 4.15. The third kappa shape index (κ3) is 4.58. The number of amides is 1. The van der Waals surface area contributed by atoms with Crippen LogP contribution in [-0.4, -0.2) is 18.1 Å². The third-order valence-corrected chi connectivity index (χ3v) is 5.86. The zero-order valence-electron chi connectivity index (χ0n) is 15.4. The first kappa shape index (κ1) is 20.0. The van der Waals surface area contributed by atoms with Crippen molar-refractivity contribution in [1.29, 1.82) is 0 Å². The quantitative estimate of drug-likeness (QED) is 0.613. The standard InChI is InChI=1S/C21H23BrClNO3/c1-3-21(4-2)12-17(15-7-5-6-8-18(15)27-21)24-20(25)13-26-19-10-9-14(22)11-16(19)23/h5-11,17H,3-4,12-13H2,1-2H3,(H,24,25). The normalized spacial score (nSPS) is 17.6. The molecular formula is C21H23BrClNO3. The molecule has 1 aliphatic rings. The number of hydrogen-bond donors (Lipinski definition) is 1. The van der Waals surface area contributed by atoms with E-state index in [9.17, 15) is 4.79 Å². The Morgan fingerprint density at radius 2 is 2.04 bits per heavy atom. The predicted molar refractivity (Wildman–Crippen MR) is 111 cm³/mol. The van der Waals surface area contributed by atoms with E-state index >= 15 is 0 Å². The minimum atomic E-state index is -0.262. The minimum absolute atomic E-state index is 0.0911. The van der Waals surface area contributed by atoms with Crippen molar-refractivity contribution in [3.05, 3.63) is 57.5 Å². The van der Waals surface area contributed by atoms with E-state index in [1.807, 2.05) is 30.3 Å². The number of para-hydroxylation sites is 1. The number of nitrogens with one attached hydrogen (secondary N) is 1. The summed E-state index contributed by atoms with van der Waals surface area (Å²) in [5.74, 6) is 1.14. The summed E-state index contributed by atoms with van der Waals surface area (Å²) < 4.78 is 12.7. The fraction of sp³-hybridized carbons (Fsp3) is 0.381. The zero-order chi connectivity index (χ0) is 19.4. The van der Waals surface area contributed by atoms with Crippen molar-refractivity contribution in [3.63, 3.8) is 0 Å². The lowest BCUT2D eigenvalue weighted by molar-refractivity contribution is -0.124. The van der Waals surface area contributed by atoms with Crippen LogP contribution in [-0.2, 0) is 4.79 Å². The fourth-order valence-corrected chi connectivity index (χ4v) is 4.13. The summed E-state index contributed by atoms with van der Waals surface area (Å²) in [4.78, 5) is 12.5. The first-order valence-electron chi connectivity index (χ1n) is 9.11. The molecule has 6 heteroatoms. The maximum Gasteiger partial charge on any atom is 0.258 e. The van der Waals surface area contributed by atoms with Crippen LogP contribution in [0.4, 0.5) is 0 Å². The van der Waals surface area contributed by atoms with Crippen LogP contribution in [0.25, 0.3) is 0 Å². The molecule has 1 unspecified atom stereocenters. The lowest BCUT2D eigenvalue weighted by Gasteiger charge is -2.41. The molecule has 0 spiro atoms. The van der Waals surface area contributed by atoms with E-state index in [1.54, 1.807) is 12.1 Å². The number of rotatable bonds is 6. The molecule has 3 rings (SSSR count). The second-order valence-corrected chi connectivity index (χ2v) is 8.04. The van der Waals surface area contributed by atoms with Gasteiger partial charge in [-0.05, 0) is 37.1 Å². The van der Waals surface area contributed by atoms with Gasteiger partial charge < -0.3 is 14.8 Å². The summed E-state index contributed by atoms with van der Waals surface area (Å²) in [5.41, 5.74) is 0.743. The van der Waals surface area contributed by atoms with E-state index < -0.39 is 0 Å². The summed E-state index contributed by atoms with van der Waals surface area (Å²) >= 11 is 9.49. The first-order valence-corrected chi connectivity index (χ1v) is 10.3. The van der Waals surface area contributed by atoms with E-state index in [0.717, 1.165) is 35.0 Å².